The lowest BCUT2D eigenvalue weighted by Gasteiger charge is -2.32. The predicted molar refractivity (Wildman–Crippen MR) is 93.8 cm³/mol. The van der Waals surface area contributed by atoms with Crippen LogP contribution in [-0.4, -0.2) is 43.0 Å². The number of hydrogen-bond acceptors (Lipinski definition) is 4. The minimum Gasteiger partial charge on any atom is -0.459 e. The summed E-state index contributed by atoms with van der Waals surface area (Å²) in [5.41, 5.74) is 2.04. The molecular formula is C19H22N2O4. The Morgan fingerprint density at radius 2 is 2.16 bits per heavy atom. The molecule has 1 unspecified atom stereocenters. The highest BCUT2D eigenvalue weighted by Crippen LogP contribution is 2.21. The first-order valence-corrected chi connectivity index (χ1v) is 8.36. The zero-order valence-electron chi connectivity index (χ0n) is 14.5. The zero-order valence-corrected chi connectivity index (χ0v) is 14.5. The number of hydrogen-bond donors (Lipinski definition) is 1. The summed E-state index contributed by atoms with van der Waals surface area (Å²) in [5.74, 6) is -0.152. The van der Waals surface area contributed by atoms with Gasteiger partial charge in [-0.05, 0) is 49.6 Å². The molecule has 0 bridgehead atoms. The number of furan rings is 1. The maximum Gasteiger partial charge on any atom is 0.291 e. The van der Waals surface area contributed by atoms with Crippen molar-refractivity contribution in [1.29, 1.82) is 0 Å². The Morgan fingerprint density at radius 3 is 2.88 bits per heavy atom. The maximum absolute atomic E-state index is 12.8. The number of carbonyl (C=O) groups is 2. The summed E-state index contributed by atoms with van der Waals surface area (Å²) < 4.78 is 10.5. The Bertz CT molecular complexity index is 755. The molecule has 2 heterocycles. The van der Waals surface area contributed by atoms with Gasteiger partial charge in [0.15, 0.2) is 5.76 Å². The van der Waals surface area contributed by atoms with Gasteiger partial charge in [0.05, 0.1) is 12.4 Å². The van der Waals surface area contributed by atoms with Crippen LogP contribution in [0.1, 0.15) is 39.3 Å². The van der Waals surface area contributed by atoms with E-state index in [1.807, 2.05) is 13.0 Å². The van der Waals surface area contributed by atoms with E-state index in [1.165, 1.54) is 6.26 Å². The first-order valence-electron chi connectivity index (χ1n) is 8.36. The molecule has 1 saturated heterocycles. The summed E-state index contributed by atoms with van der Waals surface area (Å²) in [7, 11) is 1.67. The molecule has 0 spiro atoms. The van der Waals surface area contributed by atoms with Crippen LogP contribution in [0.3, 0.4) is 0 Å². The second-order valence-electron chi connectivity index (χ2n) is 6.21. The standard InChI is InChI=1S/C19H22N2O4/c1-13-7-8-14(19(23)21-9-3-5-15(12-21)24-2)11-16(13)20-18(22)17-6-4-10-25-17/h4,6-8,10-11,15H,3,5,9,12H2,1-2H3,(H,20,22). The van der Waals surface area contributed by atoms with E-state index < -0.39 is 0 Å². The first kappa shape index (κ1) is 17.2. The van der Waals surface area contributed by atoms with E-state index >= 15 is 0 Å². The molecule has 2 amide bonds. The number of nitrogens with zero attached hydrogens (tertiary/aromatic N) is 1. The molecule has 0 radical (unpaired) electrons. The Hall–Kier alpha value is -2.60. The summed E-state index contributed by atoms with van der Waals surface area (Å²) >= 11 is 0. The molecule has 0 aliphatic carbocycles. The van der Waals surface area contributed by atoms with Crippen molar-refractivity contribution in [3.05, 3.63) is 53.5 Å². The van der Waals surface area contributed by atoms with Crippen LogP contribution in [0, 0.1) is 6.92 Å². The molecule has 25 heavy (non-hydrogen) atoms. The molecule has 1 fully saturated rings. The maximum atomic E-state index is 12.8. The van der Waals surface area contributed by atoms with Crippen LogP contribution in [0.2, 0.25) is 0 Å². The average Bonchev–Trinajstić information content (AvgIpc) is 3.18. The fraction of sp³-hybridized carbons (Fsp3) is 0.368. The number of aryl methyl sites for hydroxylation is 1. The van der Waals surface area contributed by atoms with Gasteiger partial charge in [-0.25, -0.2) is 0 Å². The highest BCUT2D eigenvalue weighted by Gasteiger charge is 2.24. The van der Waals surface area contributed by atoms with Gasteiger partial charge < -0.3 is 19.4 Å². The van der Waals surface area contributed by atoms with Gasteiger partial charge in [-0.1, -0.05) is 6.07 Å². The van der Waals surface area contributed by atoms with Crippen molar-refractivity contribution in [2.75, 3.05) is 25.5 Å². The highest BCUT2D eigenvalue weighted by atomic mass is 16.5. The number of amides is 2. The van der Waals surface area contributed by atoms with Gasteiger partial charge in [-0.15, -0.1) is 0 Å². The van der Waals surface area contributed by atoms with Gasteiger partial charge >= 0.3 is 0 Å². The number of carbonyl (C=O) groups excluding carboxylic acids is 2. The summed E-state index contributed by atoms with van der Waals surface area (Å²) in [4.78, 5) is 26.8. The van der Waals surface area contributed by atoms with E-state index in [0.717, 1.165) is 24.9 Å². The second kappa shape index (κ2) is 7.53. The molecule has 0 saturated carbocycles. The molecule has 1 N–H and O–H groups in total. The van der Waals surface area contributed by atoms with Crippen LogP contribution in [0.25, 0.3) is 0 Å². The third-order valence-electron chi connectivity index (χ3n) is 4.48. The Kier molecular flexibility index (Phi) is 5.19. The summed E-state index contributed by atoms with van der Waals surface area (Å²) in [5, 5.41) is 2.80. The second-order valence-corrected chi connectivity index (χ2v) is 6.21. The third kappa shape index (κ3) is 3.91. The highest BCUT2D eigenvalue weighted by molar-refractivity contribution is 6.03. The monoisotopic (exact) mass is 342 g/mol. The molecule has 6 heteroatoms. The molecule has 6 nitrogen and oxygen atoms in total. The van der Waals surface area contributed by atoms with Crippen LogP contribution in [-0.2, 0) is 4.74 Å². The number of rotatable bonds is 4. The van der Waals surface area contributed by atoms with Gasteiger partial charge in [0.2, 0.25) is 0 Å². The first-order chi connectivity index (χ1) is 12.1. The molecule has 1 aromatic heterocycles. The number of piperidine rings is 1. The SMILES string of the molecule is COC1CCCN(C(=O)c2ccc(C)c(NC(=O)c3ccco3)c2)C1. The smallest absolute Gasteiger partial charge is 0.291 e. The van der Waals surface area contributed by atoms with Crippen molar-refractivity contribution in [1.82, 2.24) is 4.90 Å². The third-order valence-corrected chi connectivity index (χ3v) is 4.48. The van der Waals surface area contributed by atoms with Crippen LogP contribution < -0.4 is 5.32 Å². The summed E-state index contributed by atoms with van der Waals surface area (Å²) in [6.45, 7) is 3.20. The van der Waals surface area contributed by atoms with E-state index in [9.17, 15) is 9.59 Å². The van der Waals surface area contributed by atoms with Crippen LogP contribution >= 0.6 is 0 Å². The Morgan fingerprint density at radius 1 is 1.32 bits per heavy atom. The minimum absolute atomic E-state index is 0.0461. The minimum atomic E-state index is -0.338. The number of benzene rings is 1. The molecule has 3 rings (SSSR count). The number of ether oxygens (including phenoxy) is 1. The number of methoxy groups -OCH3 is 1. The summed E-state index contributed by atoms with van der Waals surface area (Å²) in [6.07, 6.45) is 3.43. The van der Waals surface area contributed by atoms with Gasteiger partial charge in [0, 0.05) is 31.5 Å². The van der Waals surface area contributed by atoms with Crippen molar-refractivity contribution < 1.29 is 18.7 Å². The number of nitrogens with one attached hydrogen (secondary N) is 1. The van der Waals surface area contributed by atoms with Crippen molar-refractivity contribution in [2.45, 2.75) is 25.9 Å². The normalized spacial score (nSPS) is 17.4. The van der Waals surface area contributed by atoms with Crippen molar-refractivity contribution in [2.24, 2.45) is 0 Å². The fourth-order valence-electron chi connectivity index (χ4n) is 2.98. The Labute approximate surface area is 146 Å². The van der Waals surface area contributed by atoms with E-state index in [-0.39, 0.29) is 23.7 Å². The molecular weight excluding hydrogens is 320 g/mol. The largest absolute Gasteiger partial charge is 0.459 e. The van der Waals surface area contributed by atoms with E-state index in [2.05, 4.69) is 5.32 Å². The zero-order chi connectivity index (χ0) is 17.8. The van der Waals surface area contributed by atoms with Gasteiger partial charge in [-0.3, -0.25) is 9.59 Å². The molecule has 2 aromatic rings. The van der Waals surface area contributed by atoms with Crippen LogP contribution in [0.15, 0.2) is 41.0 Å². The van der Waals surface area contributed by atoms with Crippen LogP contribution in [0.5, 0.6) is 0 Å². The number of likely N-dealkylation sites (tertiary alicyclic amines) is 1. The number of anilines is 1. The van der Waals surface area contributed by atoms with E-state index in [0.29, 0.717) is 17.8 Å². The lowest BCUT2D eigenvalue weighted by molar-refractivity contribution is 0.0269. The van der Waals surface area contributed by atoms with Gasteiger partial charge in [-0.2, -0.15) is 0 Å². The van der Waals surface area contributed by atoms with Crippen molar-refractivity contribution in [3.8, 4) is 0 Å². The van der Waals surface area contributed by atoms with Crippen molar-refractivity contribution in [3.63, 3.8) is 0 Å². The summed E-state index contributed by atoms with van der Waals surface area (Å²) in [6, 6.07) is 8.59. The topological polar surface area (TPSA) is 71.8 Å². The lowest BCUT2D eigenvalue weighted by atomic mass is 10.0. The molecule has 1 aromatic carbocycles. The van der Waals surface area contributed by atoms with Gasteiger partial charge in [0.25, 0.3) is 11.8 Å². The van der Waals surface area contributed by atoms with E-state index in [1.54, 1.807) is 36.3 Å². The van der Waals surface area contributed by atoms with Crippen molar-refractivity contribution >= 4 is 17.5 Å². The molecule has 132 valence electrons. The van der Waals surface area contributed by atoms with E-state index in [4.69, 9.17) is 9.15 Å². The quantitative estimate of drug-likeness (QED) is 0.927. The Balaban J connectivity index is 1.76. The predicted octanol–water partition coefficient (Wildman–Crippen LogP) is 3.09. The average molecular weight is 342 g/mol. The van der Waals surface area contributed by atoms with Crippen LogP contribution in [0.4, 0.5) is 5.69 Å². The lowest BCUT2D eigenvalue weighted by Crippen LogP contribution is -2.42. The fourth-order valence-corrected chi connectivity index (χ4v) is 2.98. The molecule has 1 aliphatic rings. The van der Waals surface area contributed by atoms with Gasteiger partial charge in [0.1, 0.15) is 0 Å². The molecule has 1 aliphatic heterocycles. The molecule has 1 atom stereocenters.